The summed E-state index contributed by atoms with van der Waals surface area (Å²) in [6.45, 7) is 0.549. The predicted molar refractivity (Wildman–Crippen MR) is 58.6 cm³/mol. The minimum absolute atomic E-state index is 0.549. The van der Waals surface area contributed by atoms with Crippen molar-refractivity contribution in [2.45, 2.75) is 6.42 Å². The van der Waals surface area contributed by atoms with Crippen LogP contribution in [-0.2, 0) is 4.84 Å². The fourth-order valence-corrected chi connectivity index (χ4v) is 1.46. The second kappa shape index (κ2) is 4.65. The number of oxime groups is 1. The molecule has 2 rings (SSSR count). The lowest BCUT2D eigenvalue weighted by atomic mass is 10.0. The Labute approximate surface area is 93.0 Å². The van der Waals surface area contributed by atoms with Crippen LogP contribution in [0.2, 0.25) is 0 Å². The number of carbonyl (C=O) groups is 1. The third-order valence-electron chi connectivity index (χ3n) is 2.24. The molecule has 16 heavy (non-hydrogen) atoms. The van der Waals surface area contributed by atoms with Gasteiger partial charge in [0.15, 0.2) is 0 Å². The van der Waals surface area contributed by atoms with E-state index in [1.165, 1.54) is 7.05 Å². The van der Waals surface area contributed by atoms with Crippen LogP contribution in [0.25, 0.3) is 0 Å². The molecule has 1 aromatic rings. The Morgan fingerprint density at radius 2 is 2.31 bits per heavy atom. The summed E-state index contributed by atoms with van der Waals surface area (Å²) in [7, 11) is 1.49. The minimum Gasteiger partial charge on any atom is -0.492 e. The molecule has 1 heterocycles. The summed E-state index contributed by atoms with van der Waals surface area (Å²) in [5, 5.41) is 6.15. The largest absolute Gasteiger partial charge is 0.492 e. The highest BCUT2D eigenvalue weighted by molar-refractivity contribution is 6.03. The number of hydrogen-bond acceptors (Lipinski definition) is 4. The summed E-state index contributed by atoms with van der Waals surface area (Å²) < 4.78 is 5.45. The van der Waals surface area contributed by atoms with Crippen LogP contribution in [0.3, 0.4) is 0 Å². The number of para-hydroxylation sites is 1. The van der Waals surface area contributed by atoms with Crippen LogP contribution in [0.5, 0.6) is 5.75 Å². The van der Waals surface area contributed by atoms with Crippen molar-refractivity contribution in [1.29, 1.82) is 0 Å². The molecule has 0 unspecified atom stereocenters. The van der Waals surface area contributed by atoms with Gasteiger partial charge in [-0.2, -0.15) is 0 Å². The lowest BCUT2D eigenvalue weighted by Crippen LogP contribution is -2.20. The van der Waals surface area contributed by atoms with Gasteiger partial charge in [0.2, 0.25) is 0 Å². The van der Waals surface area contributed by atoms with Crippen molar-refractivity contribution in [2.75, 3.05) is 13.7 Å². The monoisotopic (exact) mass is 220 g/mol. The van der Waals surface area contributed by atoms with Crippen LogP contribution < -0.4 is 10.1 Å². The number of nitrogens with one attached hydrogen (secondary N) is 1. The van der Waals surface area contributed by atoms with Gasteiger partial charge in [0.1, 0.15) is 5.75 Å². The molecule has 1 aromatic carbocycles. The normalized spacial score (nSPS) is 16.2. The van der Waals surface area contributed by atoms with Crippen molar-refractivity contribution >= 4 is 11.8 Å². The summed E-state index contributed by atoms with van der Waals surface area (Å²) in [5.41, 5.74) is 1.60. The lowest BCUT2D eigenvalue weighted by molar-refractivity contribution is 0.152. The Hall–Kier alpha value is -2.04. The van der Waals surface area contributed by atoms with Gasteiger partial charge < -0.3 is 10.1 Å². The fourth-order valence-electron chi connectivity index (χ4n) is 1.46. The van der Waals surface area contributed by atoms with Crippen LogP contribution in [0.1, 0.15) is 12.0 Å². The molecule has 0 saturated carbocycles. The molecule has 0 bridgehead atoms. The predicted octanol–water partition coefficient (Wildman–Crippen LogP) is 1.53. The van der Waals surface area contributed by atoms with E-state index in [-0.39, 0.29) is 0 Å². The van der Waals surface area contributed by atoms with Gasteiger partial charge in [-0.25, -0.2) is 4.79 Å². The molecule has 0 atom stereocenters. The summed E-state index contributed by atoms with van der Waals surface area (Å²) in [5.74, 6) is 0.771. The molecule has 5 heteroatoms. The molecule has 5 nitrogen and oxygen atoms in total. The number of ether oxygens (including phenoxy) is 1. The number of fused-ring (bicyclic) bond motifs is 1. The smallest absolute Gasteiger partial charge is 0.433 e. The first-order valence-corrected chi connectivity index (χ1v) is 4.99. The van der Waals surface area contributed by atoms with Crippen molar-refractivity contribution < 1.29 is 14.4 Å². The maximum Gasteiger partial charge on any atom is 0.433 e. The zero-order chi connectivity index (χ0) is 11.4. The van der Waals surface area contributed by atoms with Gasteiger partial charge >= 0.3 is 6.09 Å². The first-order valence-electron chi connectivity index (χ1n) is 4.99. The average Bonchev–Trinajstić information content (AvgIpc) is 2.35. The fraction of sp³-hybridized carbons (Fsp3) is 0.273. The van der Waals surface area contributed by atoms with Crippen molar-refractivity contribution in [3.8, 4) is 5.75 Å². The highest BCUT2D eigenvalue weighted by Crippen LogP contribution is 2.24. The van der Waals surface area contributed by atoms with Crippen molar-refractivity contribution in [2.24, 2.45) is 5.16 Å². The SMILES string of the molecule is CNC(=O)ON=C1CCOc2ccccc21. The zero-order valence-corrected chi connectivity index (χ0v) is 8.90. The van der Waals surface area contributed by atoms with Gasteiger partial charge in [0, 0.05) is 19.0 Å². The van der Waals surface area contributed by atoms with Crippen molar-refractivity contribution in [1.82, 2.24) is 5.32 Å². The molecule has 0 fully saturated rings. The molecule has 0 saturated heterocycles. The molecule has 1 aliphatic rings. The number of nitrogens with zero attached hydrogens (tertiary/aromatic N) is 1. The maximum atomic E-state index is 10.9. The van der Waals surface area contributed by atoms with Gasteiger partial charge in [0.05, 0.1) is 12.3 Å². The Balaban J connectivity index is 2.21. The Morgan fingerprint density at radius 3 is 3.12 bits per heavy atom. The molecule has 0 radical (unpaired) electrons. The van der Waals surface area contributed by atoms with Crippen LogP contribution in [-0.4, -0.2) is 25.5 Å². The molecule has 1 N–H and O–H groups in total. The number of hydrogen-bond donors (Lipinski definition) is 1. The van der Waals surface area contributed by atoms with E-state index in [0.29, 0.717) is 13.0 Å². The van der Waals surface area contributed by atoms with E-state index >= 15 is 0 Å². The highest BCUT2D eigenvalue weighted by atomic mass is 16.7. The first-order chi connectivity index (χ1) is 7.81. The highest BCUT2D eigenvalue weighted by Gasteiger charge is 2.16. The molecular weight excluding hydrogens is 208 g/mol. The number of rotatable bonds is 1. The van der Waals surface area contributed by atoms with E-state index in [1.54, 1.807) is 0 Å². The second-order valence-corrected chi connectivity index (χ2v) is 3.26. The Morgan fingerprint density at radius 1 is 1.50 bits per heavy atom. The molecule has 1 amide bonds. The van der Waals surface area contributed by atoms with E-state index in [2.05, 4.69) is 15.3 Å². The first kappa shape index (κ1) is 10.5. The van der Waals surface area contributed by atoms with E-state index < -0.39 is 6.09 Å². The van der Waals surface area contributed by atoms with Gasteiger partial charge in [-0.1, -0.05) is 17.3 Å². The average molecular weight is 220 g/mol. The van der Waals surface area contributed by atoms with Crippen LogP contribution in [0.15, 0.2) is 29.4 Å². The summed E-state index contributed by atoms with van der Waals surface area (Å²) >= 11 is 0. The van der Waals surface area contributed by atoms with Crippen LogP contribution in [0, 0.1) is 0 Å². The van der Waals surface area contributed by atoms with E-state index in [1.807, 2.05) is 24.3 Å². The maximum absolute atomic E-state index is 10.9. The Kier molecular flexibility index (Phi) is 3.05. The van der Waals surface area contributed by atoms with Gasteiger partial charge in [-0.3, -0.25) is 4.84 Å². The van der Waals surface area contributed by atoms with Crippen LogP contribution >= 0.6 is 0 Å². The standard InChI is InChI=1S/C11H12N2O3/c1-12-11(14)16-13-9-6-7-15-10-5-3-2-4-8(9)10/h2-5H,6-7H2,1H3,(H,12,14). The second-order valence-electron chi connectivity index (χ2n) is 3.26. The number of amides is 1. The number of carbonyl (C=O) groups excluding carboxylic acids is 1. The third kappa shape index (κ3) is 2.13. The molecule has 1 aliphatic heterocycles. The minimum atomic E-state index is -0.573. The molecule has 0 aromatic heterocycles. The van der Waals surface area contributed by atoms with E-state index in [4.69, 9.17) is 4.74 Å². The zero-order valence-electron chi connectivity index (χ0n) is 8.90. The third-order valence-corrected chi connectivity index (χ3v) is 2.24. The molecule has 84 valence electrons. The quantitative estimate of drug-likeness (QED) is 0.576. The lowest BCUT2D eigenvalue weighted by Gasteiger charge is -2.17. The van der Waals surface area contributed by atoms with Gasteiger partial charge in [-0.05, 0) is 12.1 Å². The Bertz CT molecular complexity index is 429. The van der Waals surface area contributed by atoms with Gasteiger partial charge in [0.25, 0.3) is 0 Å². The summed E-state index contributed by atoms with van der Waals surface area (Å²) in [6, 6.07) is 7.54. The van der Waals surface area contributed by atoms with Crippen molar-refractivity contribution in [3.05, 3.63) is 29.8 Å². The number of benzene rings is 1. The summed E-state index contributed by atoms with van der Waals surface area (Å²) in [4.78, 5) is 15.6. The molecule has 0 aliphatic carbocycles. The molecular formula is C11H12N2O3. The van der Waals surface area contributed by atoms with Crippen molar-refractivity contribution in [3.63, 3.8) is 0 Å². The summed E-state index contributed by atoms with van der Waals surface area (Å²) in [6.07, 6.45) is 0.0602. The topological polar surface area (TPSA) is 59.9 Å². The van der Waals surface area contributed by atoms with E-state index in [9.17, 15) is 4.79 Å². The van der Waals surface area contributed by atoms with Crippen LogP contribution in [0.4, 0.5) is 4.79 Å². The van der Waals surface area contributed by atoms with E-state index in [0.717, 1.165) is 17.0 Å². The molecule has 0 spiro atoms. The van der Waals surface area contributed by atoms with Gasteiger partial charge in [-0.15, -0.1) is 0 Å².